The number of pyridine rings is 2. The predicted octanol–water partition coefficient (Wildman–Crippen LogP) is 6.75. The molecule has 6 rings (SSSR count). The summed E-state index contributed by atoms with van der Waals surface area (Å²) in [6.07, 6.45) is 5.06. The maximum absolute atomic E-state index is 6.03. The van der Waals surface area contributed by atoms with Crippen LogP contribution in [0.4, 0.5) is 0 Å². The molecule has 4 heterocycles. The van der Waals surface area contributed by atoms with E-state index in [1.807, 2.05) is 65.2 Å². The fourth-order valence-electron chi connectivity index (χ4n) is 3.76. The summed E-state index contributed by atoms with van der Waals surface area (Å²) in [5, 5.41) is 2.19. The fraction of sp³-hybridized carbons (Fsp3) is 0. The van der Waals surface area contributed by atoms with Crippen LogP contribution in [0.3, 0.4) is 0 Å². The Morgan fingerprint density at radius 2 is 1.47 bits per heavy atom. The zero-order valence-corrected chi connectivity index (χ0v) is 16.9. The van der Waals surface area contributed by atoms with E-state index in [4.69, 9.17) is 13.9 Å². The quantitative estimate of drug-likeness (QED) is 0.309. The summed E-state index contributed by atoms with van der Waals surface area (Å²) in [6.45, 7) is 0. The lowest BCUT2D eigenvalue weighted by atomic mass is 10.2. The third-order valence-corrected chi connectivity index (χ3v) is 5.12. The van der Waals surface area contributed by atoms with Crippen molar-refractivity contribution in [2.45, 2.75) is 0 Å². The maximum Gasteiger partial charge on any atom is 0.219 e. The van der Waals surface area contributed by atoms with Crippen molar-refractivity contribution in [3.05, 3.63) is 104 Å². The fourth-order valence-corrected chi connectivity index (χ4v) is 3.76. The Balaban J connectivity index is 1.32. The molecule has 0 aliphatic heterocycles. The number of hydrogen-bond acceptors (Lipinski definition) is 5. The second-order valence-corrected chi connectivity index (χ2v) is 7.19. The van der Waals surface area contributed by atoms with E-state index in [2.05, 4.69) is 28.2 Å². The monoisotopic (exact) mass is 419 g/mol. The van der Waals surface area contributed by atoms with Crippen molar-refractivity contribution < 1.29 is 13.9 Å². The smallest absolute Gasteiger partial charge is 0.219 e. The lowest BCUT2D eigenvalue weighted by Crippen LogP contribution is -1.92. The van der Waals surface area contributed by atoms with Gasteiger partial charge in [0, 0.05) is 41.4 Å². The predicted molar refractivity (Wildman–Crippen MR) is 122 cm³/mol. The summed E-state index contributed by atoms with van der Waals surface area (Å²) in [6, 6.07) is 26.9. The Hall–Kier alpha value is -4.58. The number of nitrogens with zero attached hydrogens (tertiary/aromatic N) is 3. The van der Waals surface area contributed by atoms with Gasteiger partial charge in [-0.1, -0.05) is 30.3 Å². The van der Waals surface area contributed by atoms with E-state index in [1.54, 1.807) is 24.7 Å². The number of rotatable bonds is 5. The van der Waals surface area contributed by atoms with E-state index in [-0.39, 0.29) is 0 Å². The van der Waals surface area contributed by atoms with Gasteiger partial charge in [-0.3, -0.25) is 4.57 Å². The number of ether oxygens (including phenoxy) is 2. The van der Waals surface area contributed by atoms with Crippen LogP contribution in [-0.4, -0.2) is 14.5 Å². The number of benzene rings is 2. The number of furan rings is 1. The molecular weight excluding hydrogens is 402 g/mol. The first kappa shape index (κ1) is 18.2. The molecule has 2 aromatic carbocycles. The molecule has 0 bridgehead atoms. The molecule has 0 saturated carbocycles. The number of para-hydroxylation sites is 1. The van der Waals surface area contributed by atoms with Crippen molar-refractivity contribution in [3.63, 3.8) is 0 Å². The molecule has 0 amide bonds. The van der Waals surface area contributed by atoms with Gasteiger partial charge in [-0.05, 0) is 36.4 Å². The summed E-state index contributed by atoms with van der Waals surface area (Å²) in [5.41, 5.74) is 1.85. The van der Waals surface area contributed by atoms with Gasteiger partial charge in [-0.2, -0.15) is 0 Å². The first-order valence-electron chi connectivity index (χ1n) is 10.1. The van der Waals surface area contributed by atoms with E-state index in [0.29, 0.717) is 29.0 Å². The zero-order chi connectivity index (χ0) is 21.3. The number of fused-ring (bicyclic) bond motifs is 3. The van der Waals surface area contributed by atoms with Crippen molar-refractivity contribution in [3.8, 4) is 29.0 Å². The Morgan fingerprint density at radius 3 is 2.38 bits per heavy atom. The summed E-state index contributed by atoms with van der Waals surface area (Å²) in [7, 11) is 0. The number of aromatic nitrogens is 3. The highest BCUT2D eigenvalue weighted by Crippen LogP contribution is 2.34. The van der Waals surface area contributed by atoms with Crippen molar-refractivity contribution in [2.75, 3.05) is 0 Å². The van der Waals surface area contributed by atoms with Crippen LogP contribution in [0.2, 0.25) is 0 Å². The average molecular weight is 419 g/mol. The highest BCUT2D eigenvalue weighted by Gasteiger charge is 2.16. The Morgan fingerprint density at radius 1 is 0.656 bits per heavy atom. The normalized spacial score (nSPS) is 11.1. The lowest BCUT2D eigenvalue weighted by molar-refractivity contribution is 0.444. The molecule has 6 nitrogen and oxygen atoms in total. The van der Waals surface area contributed by atoms with E-state index < -0.39 is 0 Å². The summed E-state index contributed by atoms with van der Waals surface area (Å²) in [5.74, 6) is 3.00. The average Bonchev–Trinajstić information content (AvgIpc) is 3.42. The highest BCUT2D eigenvalue weighted by atomic mass is 16.5. The molecule has 0 aliphatic rings. The second-order valence-electron chi connectivity index (χ2n) is 7.19. The van der Waals surface area contributed by atoms with Crippen LogP contribution >= 0.6 is 0 Å². The standard InChI is InChI=1S/C26H17N3O3/c1-2-11-23-21(9-1)22-10-6-14-28-26(22)29(23)25-16-20(17-30-25)31-18-7-5-8-19(15-18)32-24-12-3-4-13-27-24/h1-17H. The van der Waals surface area contributed by atoms with Gasteiger partial charge in [-0.15, -0.1) is 0 Å². The van der Waals surface area contributed by atoms with Crippen LogP contribution in [0.25, 0.3) is 27.8 Å². The van der Waals surface area contributed by atoms with Gasteiger partial charge in [0.25, 0.3) is 0 Å². The molecule has 0 spiro atoms. The van der Waals surface area contributed by atoms with E-state index in [9.17, 15) is 0 Å². The molecule has 0 radical (unpaired) electrons. The van der Waals surface area contributed by atoms with Gasteiger partial charge in [0.05, 0.1) is 5.52 Å². The SMILES string of the molecule is c1ccc(Oc2cccc(Oc3coc(-n4c5ccccc5c5cccnc54)c3)c2)nc1. The molecule has 6 heteroatoms. The Labute approximate surface area is 183 Å². The second kappa shape index (κ2) is 7.59. The minimum absolute atomic E-state index is 0.522. The van der Waals surface area contributed by atoms with Crippen LogP contribution in [0.1, 0.15) is 0 Å². The van der Waals surface area contributed by atoms with Crippen molar-refractivity contribution in [2.24, 2.45) is 0 Å². The molecule has 4 aromatic heterocycles. The first-order valence-corrected chi connectivity index (χ1v) is 10.1. The lowest BCUT2D eigenvalue weighted by Gasteiger charge is -2.07. The molecule has 0 saturated heterocycles. The third-order valence-electron chi connectivity index (χ3n) is 5.12. The minimum atomic E-state index is 0.522. The van der Waals surface area contributed by atoms with Crippen LogP contribution in [0.5, 0.6) is 23.1 Å². The molecule has 0 fully saturated rings. The van der Waals surface area contributed by atoms with E-state index in [0.717, 1.165) is 21.9 Å². The Kier molecular flexibility index (Phi) is 4.32. The summed E-state index contributed by atoms with van der Waals surface area (Å²) < 4.78 is 19.7. The van der Waals surface area contributed by atoms with Gasteiger partial charge in [-0.25, -0.2) is 9.97 Å². The third kappa shape index (κ3) is 3.24. The Bertz CT molecular complexity index is 1480. The molecule has 0 unspecified atom stereocenters. The first-order chi connectivity index (χ1) is 15.8. The number of hydrogen-bond donors (Lipinski definition) is 0. The molecule has 0 N–H and O–H groups in total. The topological polar surface area (TPSA) is 62.3 Å². The summed E-state index contributed by atoms with van der Waals surface area (Å²) >= 11 is 0. The molecule has 32 heavy (non-hydrogen) atoms. The highest BCUT2D eigenvalue weighted by molar-refractivity contribution is 6.07. The van der Waals surface area contributed by atoms with Gasteiger partial charge in [0.15, 0.2) is 5.75 Å². The van der Waals surface area contributed by atoms with Crippen LogP contribution in [-0.2, 0) is 0 Å². The van der Waals surface area contributed by atoms with Crippen LogP contribution < -0.4 is 9.47 Å². The summed E-state index contributed by atoms with van der Waals surface area (Å²) in [4.78, 5) is 8.76. The molecule has 0 aliphatic carbocycles. The van der Waals surface area contributed by atoms with Gasteiger partial charge < -0.3 is 13.9 Å². The van der Waals surface area contributed by atoms with Crippen LogP contribution in [0, 0.1) is 0 Å². The largest absolute Gasteiger partial charge is 0.454 e. The van der Waals surface area contributed by atoms with E-state index in [1.165, 1.54) is 0 Å². The molecule has 0 atom stereocenters. The zero-order valence-electron chi connectivity index (χ0n) is 16.9. The van der Waals surface area contributed by atoms with Crippen molar-refractivity contribution >= 4 is 21.9 Å². The van der Waals surface area contributed by atoms with Crippen molar-refractivity contribution in [1.82, 2.24) is 14.5 Å². The van der Waals surface area contributed by atoms with Crippen LogP contribution in [0.15, 0.2) is 108 Å². The van der Waals surface area contributed by atoms with E-state index >= 15 is 0 Å². The van der Waals surface area contributed by atoms with Gasteiger partial charge >= 0.3 is 0 Å². The minimum Gasteiger partial charge on any atom is -0.454 e. The molecular formula is C26H17N3O3. The van der Waals surface area contributed by atoms with Gasteiger partial charge in [0.1, 0.15) is 23.4 Å². The molecule has 154 valence electrons. The molecule has 6 aromatic rings. The van der Waals surface area contributed by atoms with Crippen molar-refractivity contribution in [1.29, 1.82) is 0 Å². The van der Waals surface area contributed by atoms with Gasteiger partial charge in [0.2, 0.25) is 11.8 Å². The maximum atomic E-state index is 6.03.